The number of anilines is 1. The van der Waals surface area contributed by atoms with Gasteiger partial charge in [0.1, 0.15) is 0 Å². The molecule has 0 bridgehead atoms. The number of carbonyl (C=O) groups is 2. The third-order valence-electron chi connectivity index (χ3n) is 3.53. The largest absolute Gasteiger partial charge is 0.493 e. The maximum Gasteiger partial charge on any atom is 0.387 e. The van der Waals surface area contributed by atoms with Gasteiger partial charge in [0, 0.05) is 11.3 Å². The monoisotopic (exact) mass is 395 g/mol. The number of rotatable bonds is 9. The van der Waals surface area contributed by atoms with E-state index in [1.807, 2.05) is 0 Å². The fourth-order valence-corrected chi connectivity index (χ4v) is 3.12. The van der Waals surface area contributed by atoms with Crippen LogP contribution in [0.25, 0.3) is 0 Å². The van der Waals surface area contributed by atoms with Crippen LogP contribution >= 0.6 is 11.8 Å². The molecule has 2 aromatic rings. The number of benzene rings is 2. The molecule has 0 radical (unpaired) electrons. The Kier molecular flexibility index (Phi) is 7.60. The van der Waals surface area contributed by atoms with Crippen LogP contribution in [0.15, 0.2) is 42.5 Å². The van der Waals surface area contributed by atoms with Crippen molar-refractivity contribution >= 4 is 29.1 Å². The summed E-state index contributed by atoms with van der Waals surface area (Å²) in [6.45, 7) is -1.49. The van der Waals surface area contributed by atoms with E-state index in [-0.39, 0.29) is 28.9 Å². The fraction of sp³-hybridized carbons (Fsp3) is 0.263. The van der Waals surface area contributed by atoms with Crippen LogP contribution < -0.4 is 14.8 Å². The van der Waals surface area contributed by atoms with Gasteiger partial charge >= 0.3 is 6.61 Å². The second kappa shape index (κ2) is 9.91. The number of hydrogen-bond acceptors (Lipinski definition) is 5. The van der Waals surface area contributed by atoms with E-state index in [0.717, 1.165) is 5.56 Å². The number of para-hydroxylation sites is 1. The molecule has 5 nitrogen and oxygen atoms in total. The van der Waals surface area contributed by atoms with E-state index in [1.54, 1.807) is 36.4 Å². The number of nitrogens with one attached hydrogen (secondary N) is 1. The number of alkyl halides is 2. The van der Waals surface area contributed by atoms with Crippen molar-refractivity contribution in [3.63, 3.8) is 0 Å². The number of amides is 1. The lowest BCUT2D eigenvalue weighted by Crippen LogP contribution is -2.16. The molecule has 1 N–H and O–H groups in total. The van der Waals surface area contributed by atoms with E-state index in [0.29, 0.717) is 17.0 Å². The summed E-state index contributed by atoms with van der Waals surface area (Å²) in [5, 5.41) is 2.72. The maximum atomic E-state index is 12.3. The first kappa shape index (κ1) is 20.7. The predicted molar refractivity (Wildman–Crippen MR) is 101 cm³/mol. The van der Waals surface area contributed by atoms with Crippen LogP contribution in [-0.2, 0) is 10.5 Å². The maximum absolute atomic E-state index is 12.3. The number of hydrogen-bond donors (Lipinski definition) is 1. The highest BCUT2D eigenvalue weighted by molar-refractivity contribution is 7.99. The van der Waals surface area contributed by atoms with Crippen LogP contribution in [0, 0.1) is 0 Å². The van der Waals surface area contributed by atoms with E-state index < -0.39 is 6.61 Å². The van der Waals surface area contributed by atoms with Crippen LogP contribution in [0.5, 0.6) is 11.5 Å². The molecule has 0 saturated heterocycles. The zero-order valence-corrected chi connectivity index (χ0v) is 15.6. The van der Waals surface area contributed by atoms with Crippen LogP contribution in [-0.4, -0.2) is 31.2 Å². The zero-order chi connectivity index (χ0) is 19.8. The Hall–Kier alpha value is -2.61. The van der Waals surface area contributed by atoms with Crippen molar-refractivity contribution in [2.24, 2.45) is 0 Å². The number of ketones is 1. The number of methoxy groups -OCH3 is 1. The van der Waals surface area contributed by atoms with Crippen molar-refractivity contribution in [1.82, 2.24) is 0 Å². The molecule has 0 fully saturated rings. The van der Waals surface area contributed by atoms with Gasteiger partial charge in [-0.25, -0.2) is 0 Å². The van der Waals surface area contributed by atoms with Gasteiger partial charge < -0.3 is 14.8 Å². The summed E-state index contributed by atoms with van der Waals surface area (Å²) < 4.78 is 34.1. The minimum absolute atomic E-state index is 0.0418. The number of Topliss-reactive ketones (excluding diaryl/α,β-unsaturated/α-hetero) is 1. The van der Waals surface area contributed by atoms with Crippen LogP contribution in [0.3, 0.4) is 0 Å². The summed E-state index contributed by atoms with van der Waals surface area (Å²) in [6, 6.07) is 11.4. The quantitative estimate of drug-likeness (QED) is 0.639. The summed E-state index contributed by atoms with van der Waals surface area (Å²) >= 11 is 1.35. The molecule has 0 aliphatic carbocycles. The molecule has 0 unspecified atom stereocenters. The molecule has 8 heteroatoms. The van der Waals surface area contributed by atoms with Crippen molar-refractivity contribution in [2.75, 3.05) is 18.2 Å². The minimum atomic E-state index is -2.93. The first-order valence-corrected chi connectivity index (χ1v) is 9.15. The topological polar surface area (TPSA) is 64.6 Å². The van der Waals surface area contributed by atoms with Gasteiger partial charge in [0.05, 0.1) is 18.6 Å². The lowest BCUT2D eigenvalue weighted by atomic mass is 10.1. The van der Waals surface area contributed by atoms with Gasteiger partial charge in [-0.2, -0.15) is 8.78 Å². The molecule has 2 rings (SSSR count). The molecule has 0 atom stereocenters. The highest BCUT2D eigenvalue weighted by Crippen LogP contribution is 2.30. The van der Waals surface area contributed by atoms with Crippen molar-refractivity contribution < 1.29 is 27.8 Å². The van der Waals surface area contributed by atoms with Crippen molar-refractivity contribution in [3.8, 4) is 11.5 Å². The van der Waals surface area contributed by atoms with Crippen LogP contribution in [0.1, 0.15) is 22.8 Å². The van der Waals surface area contributed by atoms with Gasteiger partial charge in [-0.15, -0.1) is 11.8 Å². The zero-order valence-electron chi connectivity index (χ0n) is 14.8. The summed E-state index contributed by atoms with van der Waals surface area (Å²) in [5.41, 5.74) is 1.73. The molecule has 27 heavy (non-hydrogen) atoms. The van der Waals surface area contributed by atoms with Gasteiger partial charge in [-0.1, -0.05) is 18.2 Å². The van der Waals surface area contributed by atoms with Crippen LogP contribution in [0.2, 0.25) is 0 Å². The molecule has 0 spiro atoms. The first-order chi connectivity index (χ1) is 12.9. The molecule has 2 aromatic carbocycles. The number of thioether (sulfide) groups is 1. The minimum Gasteiger partial charge on any atom is -0.493 e. The second-order valence-electron chi connectivity index (χ2n) is 5.51. The van der Waals surface area contributed by atoms with Crippen molar-refractivity contribution in [2.45, 2.75) is 19.3 Å². The van der Waals surface area contributed by atoms with E-state index >= 15 is 0 Å². The molecular weight excluding hydrogens is 376 g/mol. The summed E-state index contributed by atoms with van der Waals surface area (Å²) in [5.74, 6) is 0.444. The molecule has 0 heterocycles. The lowest BCUT2D eigenvalue weighted by molar-refractivity contribution is -0.113. The Morgan fingerprint density at radius 2 is 1.89 bits per heavy atom. The second-order valence-corrected chi connectivity index (χ2v) is 6.49. The third-order valence-corrected chi connectivity index (χ3v) is 4.53. The average molecular weight is 395 g/mol. The van der Waals surface area contributed by atoms with E-state index in [2.05, 4.69) is 10.1 Å². The van der Waals surface area contributed by atoms with Gasteiger partial charge in [-0.3, -0.25) is 9.59 Å². The summed E-state index contributed by atoms with van der Waals surface area (Å²) in [7, 11) is 1.37. The molecule has 0 saturated carbocycles. The van der Waals surface area contributed by atoms with Crippen LogP contribution in [0.4, 0.5) is 14.5 Å². The smallest absolute Gasteiger partial charge is 0.387 e. The van der Waals surface area contributed by atoms with Gasteiger partial charge in [0.15, 0.2) is 17.3 Å². The van der Waals surface area contributed by atoms with E-state index in [4.69, 9.17) is 4.74 Å². The highest BCUT2D eigenvalue weighted by atomic mass is 32.2. The van der Waals surface area contributed by atoms with Gasteiger partial charge in [0.25, 0.3) is 0 Å². The number of carbonyl (C=O) groups excluding carboxylic acids is 2. The highest BCUT2D eigenvalue weighted by Gasteiger charge is 2.12. The average Bonchev–Trinajstić information content (AvgIpc) is 2.62. The lowest BCUT2D eigenvalue weighted by Gasteiger charge is -2.11. The molecule has 0 aromatic heterocycles. The summed E-state index contributed by atoms with van der Waals surface area (Å²) in [4.78, 5) is 23.7. The number of ether oxygens (including phenoxy) is 2. The Balaban J connectivity index is 1.91. The summed E-state index contributed by atoms with van der Waals surface area (Å²) in [6.07, 6.45) is 0. The normalized spacial score (nSPS) is 10.6. The number of halogens is 2. The molecular formula is C19H19F2NO4S. The third kappa shape index (κ3) is 6.25. The Labute approximate surface area is 160 Å². The van der Waals surface area contributed by atoms with Crippen molar-refractivity contribution in [1.29, 1.82) is 0 Å². The Morgan fingerprint density at radius 1 is 1.15 bits per heavy atom. The Bertz CT molecular complexity index is 814. The molecule has 144 valence electrons. The molecule has 1 amide bonds. The molecule has 0 aliphatic heterocycles. The van der Waals surface area contributed by atoms with Gasteiger partial charge in [0.2, 0.25) is 5.91 Å². The van der Waals surface area contributed by atoms with E-state index in [1.165, 1.54) is 31.9 Å². The van der Waals surface area contributed by atoms with Crippen molar-refractivity contribution in [3.05, 3.63) is 53.6 Å². The predicted octanol–water partition coefficient (Wildman–Crippen LogP) is 4.37. The fourth-order valence-electron chi connectivity index (χ4n) is 2.34. The SMILES string of the molecule is COc1cc(CSCC(=O)Nc2ccccc2C(C)=O)ccc1OC(F)F. The molecule has 0 aliphatic rings. The first-order valence-electron chi connectivity index (χ1n) is 8.00. The standard InChI is InChI=1S/C19H19F2NO4S/c1-12(23)14-5-3-4-6-15(14)22-18(24)11-27-10-13-7-8-16(26-19(20)21)17(9-13)25-2/h3-9,19H,10-11H2,1-2H3,(H,22,24). The van der Waals surface area contributed by atoms with E-state index in [9.17, 15) is 18.4 Å². The van der Waals surface area contributed by atoms with Gasteiger partial charge in [-0.05, 0) is 36.8 Å². The Morgan fingerprint density at radius 3 is 2.56 bits per heavy atom.